The molecule has 0 rings (SSSR count). The summed E-state index contributed by atoms with van der Waals surface area (Å²) in [6.45, 7) is 6.62. The molecule has 374 valence electrons. The molecule has 0 amide bonds. The quantitative estimate of drug-likeness (QED) is 0.0262. The molecular weight excluding hydrogens is 793 g/mol. The highest BCUT2D eigenvalue weighted by molar-refractivity contribution is 5.71. The van der Waals surface area contributed by atoms with Crippen LogP contribution in [-0.2, 0) is 28.6 Å². The maximum Gasteiger partial charge on any atom is 0.306 e. The predicted molar refractivity (Wildman–Crippen MR) is 275 cm³/mol. The Hall–Kier alpha value is -2.37. The van der Waals surface area contributed by atoms with Crippen LogP contribution in [0, 0.1) is 0 Å². The predicted octanol–water partition coefficient (Wildman–Crippen LogP) is 18.5. The van der Waals surface area contributed by atoms with Crippen LogP contribution in [-0.4, -0.2) is 37.2 Å². The zero-order valence-corrected chi connectivity index (χ0v) is 42.8. The topological polar surface area (TPSA) is 78.9 Å². The van der Waals surface area contributed by atoms with Crippen LogP contribution in [0.4, 0.5) is 0 Å². The van der Waals surface area contributed by atoms with Crippen LogP contribution in [0.25, 0.3) is 0 Å². The summed E-state index contributed by atoms with van der Waals surface area (Å²) in [7, 11) is 0. The minimum absolute atomic E-state index is 0.0723. The van der Waals surface area contributed by atoms with Gasteiger partial charge in [0.2, 0.25) is 0 Å². The van der Waals surface area contributed by atoms with Gasteiger partial charge in [-0.1, -0.05) is 237 Å². The van der Waals surface area contributed by atoms with Crippen LogP contribution >= 0.6 is 0 Å². The monoisotopic (exact) mass is 899 g/mol. The summed E-state index contributed by atoms with van der Waals surface area (Å²) in [5.74, 6) is -0.870. The zero-order chi connectivity index (χ0) is 46.5. The number of hydrogen-bond donors (Lipinski definition) is 0. The van der Waals surface area contributed by atoms with Crippen molar-refractivity contribution in [3.63, 3.8) is 0 Å². The molecule has 0 aliphatic rings. The fourth-order valence-electron chi connectivity index (χ4n) is 8.12. The first kappa shape index (κ1) is 61.6. The van der Waals surface area contributed by atoms with Gasteiger partial charge in [-0.05, 0) is 77.0 Å². The lowest BCUT2D eigenvalue weighted by atomic mass is 10.1. The molecule has 0 aromatic heterocycles. The van der Waals surface area contributed by atoms with E-state index < -0.39 is 6.10 Å². The number of esters is 3. The van der Waals surface area contributed by atoms with E-state index in [2.05, 4.69) is 57.2 Å². The molecule has 0 aliphatic carbocycles. The standard InChI is InChI=1S/C58H106O6/c1-4-7-10-13-16-19-21-23-25-27-29-31-32-34-36-39-42-45-48-51-57(60)63-54-55(53-62-56(59)50-47-44-41-38-18-15-12-9-6-3)64-58(61)52-49-46-43-40-37-35-33-30-28-26-24-22-20-17-14-11-8-5-2/h16,19,23,25-26,28,55H,4-15,17-18,20-22,24,27,29-54H2,1-3H3/b19-16-,25-23-,28-26-. The summed E-state index contributed by atoms with van der Waals surface area (Å²) in [6, 6.07) is 0. The molecule has 0 radical (unpaired) electrons. The van der Waals surface area contributed by atoms with Gasteiger partial charge < -0.3 is 14.2 Å². The molecule has 0 aromatic carbocycles. The van der Waals surface area contributed by atoms with Crippen LogP contribution in [0.3, 0.4) is 0 Å². The first-order chi connectivity index (χ1) is 31.5. The molecular formula is C58H106O6. The molecule has 1 unspecified atom stereocenters. The first-order valence-electron chi connectivity index (χ1n) is 28.0. The second-order valence-corrected chi connectivity index (χ2v) is 18.8. The minimum Gasteiger partial charge on any atom is -0.462 e. The first-order valence-corrected chi connectivity index (χ1v) is 28.0. The van der Waals surface area contributed by atoms with Gasteiger partial charge in [0.15, 0.2) is 6.10 Å². The molecule has 0 aromatic rings. The van der Waals surface area contributed by atoms with Crippen molar-refractivity contribution in [1.29, 1.82) is 0 Å². The molecule has 1 atom stereocenters. The Balaban J connectivity index is 4.27. The maximum absolute atomic E-state index is 12.8. The van der Waals surface area contributed by atoms with Crippen LogP contribution in [0.15, 0.2) is 36.5 Å². The third kappa shape index (κ3) is 50.6. The molecule has 0 N–H and O–H groups in total. The molecule has 0 fully saturated rings. The van der Waals surface area contributed by atoms with Crippen molar-refractivity contribution < 1.29 is 28.6 Å². The van der Waals surface area contributed by atoms with E-state index in [4.69, 9.17) is 14.2 Å². The summed E-state index contributed by atoms with van der Waals surface area (Å²) in [6.07, 6.45) is 62.8. The summed E-state index contributed by atoms with van der Waals surface area (Å²) in [4.78, 5) is 38.0. The maximum atomic E-state index is 12.8. The van der Waals surface area contributed by atoms with Crippen molar-refractivity contribution in [2.45, 2.75) is 303 Å². The minimum atomic E-state index is -0.772. The zero-order valence-electron chi connectivity index (χ0n) is 42.8. The van der Waals surface area contributed by atoms with Crippen molar-refractivity contribution in [2.75, 3.05) is 13.2 Å². The lowest BCUT2D eigenvalue weighted by Gasteiger charge is -2.18. The SMILES string of the molecule is CCCCC/C=C\C/C=C\CCCCCCCCCCCC(=O)OCC(COC(=O)CCCCCCCCCCC)OC(=O)CCCCCCCCC/C=C\CCCCCCCCC. The van der Waals surface area contributed by atoms with Crippen molar-refractivity contribution in [1.82, 2.24) is 0 Å². The highest BCUT2D eigenvalue weighted by Crippen LogP contribution is 2.16. The van der Waals surface area contributed by atoms with Gasteiger partial charge in [0.25, 0.3) is 0 Å². The average Bonchev–Trinajstić information content (AvgIpc) is 3.29. The van der Waals surface area contributed by atoms with Crippen molar-refractivity contribution >= 4 is 17.9 Å². The van der Waals surface area contributed by atoms with E-state index >= 15 is 0 Å². The van der Waals surface area contributed by atoms with Gasteiger partial charge in [-0.3, -0.25) is 14.4 Å². The van der Waals surface area contributed by atoms with Crippen LogP contribution in [0.1, 0.15) is 297 Å². The van der Waals surface area contributed by atoms with Crippen LogP contribution in [0.2, 0.25) is 0 Å². The number of ether oxygens (including phenoxy) is 3. The average molecular weight is 899 g/mol. The van der Waals surface area contributed by atoms with Crippen molar-refractivity contribution in [3.8, 4) is 0 Å². The molecule has 0 spiro atoms. The third-order valence-corrected chi connectivity index (χ3v) is 12.4. The highest BCUT2D eigenvalue weighted by Gasteiger charge is 2.19. The molecule has 0 saturated heterocycles. The second kappa shape index (κ2) is 53.2. The molecule has 6 heteroatoms. The summed E-state index contributed by atoms with van der Waals surface area (Å²) >= 11 is 0. The van der Waals surface area contributed by atoms with Gasteiger partial charge in [0, 0.05) is 19.3 Å². The van der Waals surface area contributed by atoms with E-state index in [0.29, 0.717) is 19.3 Å². The smallest absolute Gasteiger partial charge is 0.306 e. The molecule has 64 heavy (non-hydrogen) atoms. The fraction of sp³-hybridized carbons (Fsp3) is 0.845. The Bertz CT molecular complexity index is 1080. The Morgan fingerprint density at radius 1 is 0.312 bits per heavy atom. The second-order valence-electron chi connectivity index (χ2n) is 18.8. The largest absolute Gasteiger partial charge is 0.462 e. The Kier molecular flexibility index (Phi) is 51.3. The molecule has 0 aliphatic heterocycles. The van der Waals surface area contributed by atoms with Crippen molar-refractivity contribution in [3.05, 3.63) is 36.5 Å². The molecule has 6 nitrogen and oxygen atoms in total. The van der Waals surface area contributed by atoms with E-state index in [1.54, 1.807) is 0 Å². The van der Waals surface area contributed by atoms with Crippen molar-refractivity contribution in [2.24, 2.45) is 0 Å². The van der Waals surface area contributed by atoms with E-state index in [0.717, 1.165) is 64.2 Å². The lowest BCUT2D eigenvalue weighted by Crippen LogP contribution is -2.30. The third-order valence-electron chi connectivity index (χ3n) is 12.4. The number of allylic oxidation sites excluding steroid dienone is 6. The number of hydrogen-bond acceptors (Lipinski definition) is 6. The van der Waals surface area contributed by atoms with E-state index in [1.165, 1.54) is 193 Å². The molecule has 0 heterocycles. The van der Waals surface area contributed by atoms with Crippen LogP contribution < -0.4 is 0 Å². The van der Waals surface area contributed by atoms with Gasteiger partial charge in [-0.15, -0.1) is 0 Å². The normalized spacial score (nSPS) is 12.2. The van der Waals surface area contributed by atoms with Gasteiger partial charge in [-0.2, -0.15) is 0 Å². The van der Waals surface area contributed by atoms with Gasteiger partial charge in [0.1, 0.15) is 13.2 Å². The van der Waals surface area contributed by atoms with Gasteiger partial charge in [-0.25, -0.2) is 0 Å². The molecule has 0 saturated carbocycles. The van der Waals surface area contributed by atoms with Gasteiger partial charge >= 0.3 is 17.9 Å². The summed E-state index contributed by atoms with van der Waals surface area (Å²) < 4.78 is 16.8. The van der Waals surface area contributed by atoms with E-state index in [-0.39, 0.29) is 31.1 Å². The Morgan fingerprint density at radius 2 is 0.562 bits per heavy atom. The van der Waals surface area contributed by atoms with E-state index in [9.17, 15) is 14.4 Å². The Labute approximate surface area is 397 Å². The lowest BCUT2D eigenvalue weighted by molar-refractivity contribution is -0.167. The number of carbonyl (C=O) groups is 3. The summed E-state index contributed by atoms with van der Waals surface area (Å²) in [5, 5.41) is 0. The van der Waals surface area contributed by atoms with Crippen LogP contribution in [0.5, 0.6) is 0 Å². The highest BCUT2D eigenvalue weighted by atomic mass is 16.6. The summed E-state index contributed by atoms with van der Waals surface area (Å²) in [5.41, 5.74) is 0. The van der Waals surface area contributed by atoms with E-state index in [1.807, 2.05) is 0 Å². The Morgan fingerprint density at radius 3 is 0.906 bits per heavy atom. The molecule has 0 bridgehead atoms. The number of unbranched alkanes of at least 4 members (excludes halogenated alkanes) is 34. The van der Waals surface area contributed by atoms with Gasteiger partial charge in [0.05, 0.1) is 0 Å². The fourth-order valence-corrected chi connectivity index (χ4v) is 8.12. The number of carbonyl (C=O) groups excluding carboxylic acids is 3. The number of rotatable bonds is 51.